The number of hydrogen-bond donors (Lipinski definition) is 4. The summed E-state index contributed by atoms with van der Waals surface area (Å²) in [4.78, 5) is -0.752. The molecule has 1 aliphatic rings. The Kier molecular flexibility index (Phi) is 5.56. The topological polar surface area (TPSA) is 189 Å². The Balaban J connectivity index is 2.16. The number of benzene rings is 2. The molecule has 160 valence electrons. The first-order valence-corrected chi connectivity index (χ1v) is 11.2. The van der Waals surface area contributed by atoms with Crippen molar-refractivity contribution in [3.05, 3.63) is 48.3 Å². The SMILES string of the molecule is COC1=CC(S(=O)(=O)O)C(N=Nc2c(S(=O)(=O)O)cc3cc(N)ccc3c2O)C=C1. The number of allylic oxidation sites excluding steroid dienone is 1. The van der Waals surface area contributed by atoms with Gasteiger partial charge in [-0.15, -0.1) is 5.11 Å². The first kappa shape index (κ1) is 21.7. The predicted molar refractivity (Wildman–Crippen MR) is 108 cm³/mol. The van der Waals surface area contributed by atoms with E-state index >= 15 is 0 Å². The number of methoxy groups -OCH3 is 1. The summed E-state index contributed by atoms with van der Waals surface area (Å²) in [5.41, 5.74) is 5.36. The van der Waals surface area contributed by atoms with E-state index in [2.05, 4.69) is 10.2 Å². The minimum atomic E-state index is -4.84. The number of ether oxygens (including phenoxy) is 1. The normalized spacial score (nSPS) is 19.9. The first-order valence-electron chi connectivity index (χ1n) is 8.25. The number of nitrogens with zero attached hydrogens (tertiary/aromatic N) is 2. The van der Waals surface area contributed by atoms with Gasteiger partial charge in [0.15, 0.2) is 5.75 Å². The molecule has 0 aromatic heterocycles. The number of aromatic hydroxyl groups is 1. The lowest BCUT2D eigenvalue weighted by molar-refractivity contribution is 0.302. The lowest BCUT2D eigenvalue weighted by Crippen LogP contribution is -2.31. The van der Waals surface area contributed by atoms with Crippen LogP contribution >= 0.6 is 0 Å². The van der Waals surface area contributed by atoms with Gasteiger partial charge < -0.3 is 15.6 Å². The van der Waals surface area contributed by atoms with Crippen LogP contribution in [0.4, 0.5) is 11.4 Å². The van der Waals surface area contributed by atoms with Gasteiger partial charge in [0.1, 0.15) is 27.6 Å². The number of rotatable bonds is 5. The molecule has 30 heavy (non-hydrogen) atoms. The van der Waals surface area contributed by atoms with Crippen LogP contribution in [0.5, 0.6) is 5.75 Å². The highest BCUT2D eigenvalue weighted by Crippen LogP contribution is 2.41. The number of hydrogen-bond acceptors (Lipinski definition) is 9. The molecule has 0 fully saturated rings. The van der Waals surface area contributed by atoms with Gasteiger partial charge >= 0.3 is 0 Å². The van der Waals surface area contributed by atoms with Crippen molar-refractivity contribution in [2.24, 2.45) is 10.2 Å². The molecule has 0 amide bonds. The Morgan fingerprint density at radius 2 is 1.83 bits per heavy atom. The molecule has 5 N–H and O–H groups in total. The van der Waals surface area contributed by atoms with Gasteiger partial charge in [-0.1, -0.05) is 6.08 Å². The highest BCUT2D eigenvalue weighted by molar-refractivity contribution is 7.86. The minimum Gasteiger partial charge on any atom is -0.505 e. The number of anilines is 1. The molecular weight excluding hydrogens is 438 g/mol. The molecule has 0 saturated carbocycles. The first-order chi connectivity index (χ1) is 13.9. The lowest BCUT2D eigenvalue weighted by atomic mass is 10.1. The number of fused-ring (bicyclic) bond motifs is 1. The van der Waals surface area contributed by atoms with Crippen LogP contribution in [-0.2, 0) is 25.0 Å². The summed E-state index contributed by atoms with van der Waals surface area (Å²) < 4.78 is 71.0. The minimum absolute atomic E-state index is 0.161. The molecule has 2 atom stereocenters. The third-order valence-corrected chi connectivity index (χ3v) is 6.32. The maximum atomic E-state index is 11.8. The van der Waals surface area contributed by atoms with Crippen molar-refractivity contribution in [1.82, 2.24) is 0 Å². The third kappa shape index (κ3) is 4.28. The average molecular weight is 455 g/mol. The second-order valence-corrected chi connectivity index (χ2v) is 9.31. The number of phenols is 1. The fraction of sp³-hybridized carbons (Fsp3) is 0.176. The van der Waals surface area contributed by atoms with E-state index in [0.29, 0.717) is 5.69 Å². The quantitative estimate of drug-likeness (QED) is 0.297. The summed E-state index contributed by atoms with van der Waals surface area (Å²) in [6, 6.07) is 4.07. The molecule has 0 radical (unpaired) electrons. The maximum absolute atomic E-state index is 11.8. The second-order valence-electron chi connectivity index (χ2n) is 6.35. The van der Waals surface area contributed by atoms with E-state index in [1.807, 2.05) is 0 Å². The Bertz CT molecular complexity index is 1310. The van der Waals surface area contributed by atoms with E-state index in [1.165, 1.54) is 37.5 Å². The van der Waals surface area contributed by atoms with Crippen LogP contribution in [0.15, 0.2) is 63.4 Å². The summed E-state index contributed by atoms with van der Waals surface area (Å²) in [7, 11) is -8.15. The molecule has 0 bridgehead atoms. The Hall–Kier alpha value is -3.00. The van der Waals surface area contributed by atoms with Crippen molar-refractivity contribution in [3.8, 4) is 5.75 Å². The van der Waals surface area contributed by atoms with Crippen LogP contribution < -0.4 is 5.73 Å². The molecule has 0 saturated heterocycles. The van der Waals surface area contributed by atoms with Gasteiger partial charge in [0.05, 0.1) is 7.11 Å². The van der Waals surface area contributed by atoms with Crippen LogP contribution in [-0.4, -0.2) is 49.4 Å². The van der Waals surface area contributed by atoms with Gasteiger partial charge in [0.2, 0.25) is 0 Å². The summed E-state index contributed by atoms with van der Waals surface area (Å²) in [6.45, 7) is 0. The fourth-order valence-corrected chi connectivity index (χ4v) is 4.37. The number of azo groups is 1. The lowest BCUT2D eigenvalue weighted by Gasteiger charge is -2.19. The fourth-order valence-electron chi connectivity index (χ4n) is 2.91. The molecule has 11 nitrogen and oxygen atoms in total. The molecule has 0 spiro atoms. The predicted octanol–water partition coefficient (Wildman–Crippen LogP) is 2.18. The van der Waals surface area contributed by atoms with E-state index in [9.17, 15) is 31.0 Å². The standard InChI is InChI=1S/C17H17N3O8S2/c1-28-11-3-5-13(14(8-11)29(22,23)24)19-20-16-15(30(25,26)27)7-9-6-10(18)2-4-12(9)17(16)21/h2-8,13-14,21H,18H2,1H3,(H,22,23,24)(H,25,26,27). The Labute approximate surface area is 171 Å². The Morgan fingerprint density at radius 3 is 2.43 bits per heavy atom. The van der Waals surface area contributed by atoms with E-state index in [-0.39, 0.29) is 16.5 Å². The van der Waals surface area contributed by atoms with Crippen LogP contribution in [0.1, 0.15) is 0 Å². The van der Waals surface area contributed by atoms with Crippen LogP contribution in [0.3, 0.4) is 0 Å². The Morgan fingerprint density at radius 1 is 1.13 bits per heavy atom. The maximum Gasteiger partial charge on any atom is 0.296 e. The van der Waals surface area contributed by atoms with Gasteiger partial charge in [0, 0.05) is 11.1 Å². The highest BCUT2D eigenvalue weighted by atomic mass is 32.2. The van der Waals surface area contributed by atoms with Crippen molar-refractivity contribution in [3.63, 3.8) is 0 Å². The van der Waals surface area contributed by atoms with Crippen molar-refractivity contribution < 1.29 is 35.8 Å². The third-order valence-electron chi connectivity index (χ3n) is 4.35. The average Bonchev–Trinajstić information content (AvgIpc) is 2.65. The zero-order chi connectivity index (χ0) is 22.3. The molecular formula is C17H17N3O8S2. The second kappa shape index (κ2) is 7.68. The van der Waals surface area contributed by atoms with Crippen molar-refractivity contribution >= 4 is 42.4 Å². The summed E-state index contributed by atoms with van der Waals surface area (Å²) >= 11 is 0. The molecule has 0 heterocycles. The van der Waals surface area contributed by atoms with Crippen LogP contribution in [0.25, 0.3) is 10.8 Å². The summed E-state index contributed by atoms with van der Waals surface area (Å²) in [5, 5.41) is 16.8. The zero-order valence-electron chi connectivity index (χ0n) is 15.4. The van der Waals surface area contributed by atoms with E-state index in [0.717, 1.165) is 12.1 Å². The van der Waals surface area contributed by atoms with E-state index in [4.69, 9.17) is 10.5 Å². The van der Waals surface area contributed by atoms with Gasteiger partial charge in [-0.25, -0.2) is 0 Å². The van der Waals surface area contributed by atoms with E-state index in [1.54, 1.807) is 0 Å². The van der Waals surface area contributed by atoms with Gasteiger partial charge in [-0.05, 0) is 41.8 Å². The largest absolute Gasteiger partial charge is 0.505 e. The number of nitrogen functional groups attached to an aromatic ring is 1. The van der Waals surface area contributed by atoms with Crippen molar-refractivity contribution in [1.29, 1.82) is 0 Å². The molecule has 0 aliphatic heterocycles. The molecule has 13 heteroatoms. The van der Waals surface area contributed by atoms with Crippen molar-refractivity contribution in [2.45, 2.75) is 16.2 Å². The highest BCUT2D eigenvalue weighted by Gasteiger charge is 2.32. The van der Waals surface area contributed by atoms with Gasteiger partial charge in [-0.2, -0.15) is 21.9 Å². The zero-order valence-corrected chi connectivity index (χ0v) is 17.0. The monoisotopic (exact) mass is 455 g/mol. The molecule has 3 rings (SSSR count). The number of phenolic OH excluding ortho intramolecular Hbond substituents is 1. The summed E-state index contributed by atoms with van der Waals surface area (Å²) in [5.74, 6) is -0.450. The number of nitrogens with two attached hydrogens (primary N) is 1. The smallest absolute Gasteiger partial charge is 0.296 e. The molecule has 2 aromatic rings. The van der Waals surface area contributed by atoms with E-state index < -0.39 is 47.9 Å². The van der Waals surface area contributed by atoms with Crippen LogP contribution in [0, 0.1) is 0 Å². The molecule has 2 unspecified atom stereocenters. The van der Waals surface area contributed by atoms with Crippen LogP contribution in [0.2, 0.25) is 0 Å². The molecule has 2 aromatic carbocycles. The van der Waals surface area contributed by atoms with Gasteiger partial charge in [0.25, 0.3) is 20.2 Å². The van der Waals surface area contributed by atoms with Gasteiger partial charge in [-0.3, -0.25) is 9.11 Å². The molecule has 1 aliphatic carbocycles. The summed E-state index contributed by atoms with van der Waals surface area (Å²) in [6.07, 6.45) is 3.76. The van der Waals surface area contributed by atoms with Crippen molar-refractivity contribution in [2.75, 3.05) is 12.8 Å².